The van der Waals surface area contributed by atoms with Gasteiger partial charge in [0, 0.05) is 17.0 Å². The summed E-state index contributed by atoms with van der Waals surface area (Å²) in [5.74, 6) is 0.778. The molecule has 1 aromatic carbocycles. The number of aryl methyl sites for hydroxylation is 1. The summed E-state index contributed by atoms with van der Waals surface area (Å²) in [6, 6.07) is 6.99. The van der Waals surface area contributed by atoms with Gasteiger partial charge < -0.3 is 9.51 Å². The number of fused-ring (bicyclic) bond motifs is 1. The summed E-state index contributed by atoms with van der Waals surface area (Å²) in [6.07, 6.45) is -4.51. The van der Waals surface area contributed by atoms with Gasteiger partial charge in [-0.3, -0.25) is 0 Å². The molecule has 0 saturated heterocycles. The molecule has 6 nitrogen and oxygen atoms in total. The van der Waals surface area contributed by atoms with Gasteiger partial charge >= 0.3 is 35.7 Å². The van der Waals surface area contributed by atoms with E-state index >= 15 is 0 Å². The molecule has 4 aromatic rings. The number of halogens is 3. The first-order chi connectivity index (χ1) is 13.5. The van der Waals surface area contributed by atoms with Gasteiger partial charge in [0.1, 0.15) is 5.52 Å². The number of hydrogen-bond donors (Lipinski definition) is 1. The number of aromatic nitrogens is 5. The van der Waals surface area contributed by atoms with Crippen molar-refractivity contribution in [1.82, 2.24) is 25.1 Å². The van der Waals surface area contributed by atoms with Gasteiger partial charge in [-0.2, -0.15) is 13.2 Å². The van der Waals surface area contributed by atoms with E-state index in [-0.39, 0.29) is 52.0 Å². The summed E-state index contributed by atoms with van der Waals surface area (Å²) >= 11 is 0. The molecule has 0 aliphatic rings. The molecule has 1 N–H and O–H groups in total. The molecular formula is C20H19F3N5NaO. The number of hydrogen-bond acceptors (Lipinski definition) is 5. The SMILES string of the molecule is Cc1nc(-c2ccccc2C(F)(F)F)nc2nc(-c3cc(C(C)(C)C)no3)[nH]c12.[NaH]. The molecule has 4 rings (SSSR count). The van der Waals surface area contributed by atoms with Crippen molar-refractivity contribution in [1.29, 1.82) is 0 Å². The van der Waals surface area contributed by atoms with Crippen LogP contribution in [0.2, 0.25) is 0 Å². The van der Waals surface area contributed by atoms with E-state index in [1.807, 2.05) is 20.8 Å². The fourth-order valence-electron chi connectivity index (χ4n) is 2.94. The molecule has 0 radical (unpaired) electrons. The number of H-pyrrole nitrogens is 1. The van der Waals surface area contributed by atoms with Crippen molar-refractivity contribution >= 4 is 40.7 Å². The average Bonchev–Trinajstić information content (AvgIpc) is 3.27. The van der Waals surface area contributed by atoms with Crippen LogP contribution >= 0.6 is 0 Å². The fourth-order valence-corrected chi connectivity index (χ4v) is 2.94. The van der Waals surface area contributed by atoms with Gasteiger partial charge in [0.05, 0.1) is 17.0 Å². The normalized spacial score (nSPS) is 12.2. The quantitative estimate of drug-likeness (QED) is 0.473. The summed E-state index contributed by atoms with van der Waals surface area (Å²) in [5.41, 5.74) is 0.948. The molecule has 0 aliphatic heterocycles. The topological polar surface area (TPSA) is 80.5 Å². The van der Waals surface area contributed by atoms with E-state index in [2.05, 4.69) is 25.1 Å². The molecule has 0 atom stereocenters. The second kappa shape index (κ2) is 7.79. The van der Waals surface area contributed by atoms with Crippen molar-refractivity contribution in [2.45, 2.75) is 39.3 Å². The predicted octanol–water partition coefficient (Wildman–Crippen LogP) is 4.65. The van der Waals surface area contributed by atoms with Gasteiger partial charge in [0.15, 0.2) is 17.3 Å². The van der Waals surface area contributed by atoms with Crippen molar-refractivity contribution in [2.24, 2.45) is 0 Å². The number of nitrogens with zero attached hydrogens (tertiary/aromatic N) is 4. The Balaban J connectivity index is 0.00000256. The minimum absolute atomic E-state index is 0. The van der Waals surface area contributed by atoms with Gasteiger partial charge in [0.25, 0.3) is 0 Å². The predicted molar refractivity (Wildman–Crippen MR) is 108 cm³/mol. The van der Waals surface area contributed by atoms with Crippen LogP contribution < -0.4 is 0 Å². The summed E-state index contributed by atoms with van der Waals surface area (Å²) in [7, 11) is 0. The first-order valence-corrected chi connectivity index (χ1v) is 8.92. The Kier molecular flexibility index (Phi) is 5.83. The molecule has 152 valence electrons. The van der Waals surface area contributed by atoms with Crippen LogP contribution in [0.25, 0.3) is 34.1 Å². The number of imidazole rings is 1. The van der Waals surface area contributed by atoms with E-state index in [1.165, 1.54) is 18.2 Å². The van der Waals surface area contributed by atoms with Crippen molar-refractivity contribution in [3.8, 4) is 23.0 Å². The van der Waals surface area contributed by atoms with Gasteiger partial charge in [0.2, 0.25) is 5.76 Å². The Morgan fingerprint density at radius 1 is 1.00 bits per heavy atom. The molecule has 30 heavy (non-hydrogen) atoms. The summed E-state index contributed by atoms with van der Waals surface area (Å²) in [6.45, 7) is 7.71. The number of aromatic amines is 1. The van der Waals surface area contributed by atoms with E-state index in [1.54, 1.807) is 13.0 Å². The zero-order valence-corrected chi connectivity index (χ0v) is 16.2. The third-order valence-corrected chi connectivity index (χ3v) is 4.52. The van der Waals surface area contributed by atoms with Crippen LogP contribution in [0, 0.1) is 6.92 Å². The summed E-state index contributed by atoms with van der Waals surface area (Å²) in [4.78, 5) is 16.0. The van der Waals surface area contributed by atoms with Crippen molar-refractivity contribution in [3.63, 3.8) is 0 Å². The third-order valence-electron chi connectivity index (χ3n) is 4.52. The molecule has 3 aromatic heterocycles. The van der Waals surface area contributed by atoms with Gasteiger partial charge in [-0.1, -0.05) is 44.1 Å². The second-order valence-electron chi connectivity index (χ2n) is 7.79. The summed E-state index contributed by atoms with van der Waals surface area (Å²) in [5, 5.41) is 4.06. The van der Waals surface area contributed by atoms with E-state index in [0.717, 1.165) is 11.8 Å². The van der Waals surface area contributed by atoms with Crippen LogP contribution in [0.3, 0.4) is 0 Å². The number of alkyl halides is 3. The molecule has 0 saturated carbocycles. The van der Waals surface area contributed by atoms with Crippen LogP contribution in [0.1, 0.15) is 37.7 Å². The molecule has 10 heteroatoms. The first-order valence-electron chi connectivity index (χ1n) is 8.92. The Morgan fingerprint density at radius 2 is 1.70 bits per heavy atom. The first kappa shape index (κ1) is 22.5. The van der Waals surface area contributed by atoms with E-state index in [4.69, 9.17) is 4.52 Å². The number of nitrogens with one attached hydrogen (secondary N) is 1. The molecule has 0 aliphatic carbocycles. The Hall–Kier alpha value is -2.23. The maximum atomic E-state index is 13.4. The van der Waals surface area contributed by atoms with Gasteiger partial charge in [-0.25, -0.2) is 15.0 Å². The van der Waals surface area contributed by atoms with E-state index in [9.17, 15) is 13.2 Å². The molecular weight excluding hydrogens is 406 g/mol. The molecule has 3 heterocycles. The minimum atomic E-state index is -4.51. The van der Waals surface area contributed by atoms with Crippen LogP contribution in [0.15, 0.2) is 34.9 Å². The van der Waals surface area contributed by atoms with Crippen molar-refractivity contribution in [2.75, 3.05) is 0 Å². The molecule has 0 bridgehead atoms. The molecule has 0 fully saturated rings. The van der Waals surface area contributed by atoms with Gasteiger partial charge in [-0.05, 0) is 13.0 Å². The third kappa shape index (κ3) is 4.14. The Morgan fingerprint density at radius 3 is 2.33 bits per heavy atom. The molecule has 0 amide bonds. The van der Waals surface area contributed by atoms with Crippen LogP contribution in [0.5, 0.6) is 0 Å². The Labute approximate surface area is 192 Å². The number of benzene rings is 1. The van der Waals surface area contributed by atoms with E-state index < -0.39 is 11.7 Å². The second-order valence-corrected chi connectivity index (χ2v) is 7.79. The number of rotatable bonds is 2. The average molecular weight is 425 g/mol. The molecule has 0 unspecified atom stereocenters. The zero-order valence-electron chi connectivity index (χ0n) is 16.2. The molecule has 0 spiro atoms. The van der Waals surface area contributed by atoms with Crippen LogP contribution in [-0.2, 0) is 11.6 Å². The summed E-state index contributed by atoms with van der Waals surface area (Å²) < 4.78 is 45.5. The fraction of sp³-hybridized carbons (Fsp3) is 0.300. The Bertz CT molecular complexity index is 1210. The monoisotopic (exact) mass is 425 g/mol. The maximum absolute atomic E-state index is 13.4. The standard InChI is InChI=1S/C20H18F3N5O.Na.H/c1-10-15-18(27-17(25-15)13-9-14(28-29-13)19(2,3)4)26-16(24-10)11-7-5-6-8-12(11)20(21,22)23;;/h5-9H,1-4H3,(H,24,25,26,27);;. The van der Waals surface area contributed by atoms with Crippen molar-refractivity contribution < 1.29 is 17.7 Å². The zero-order chi connectivity index (χ0) is 21.0. The van der Waals surface area contributed by atoms with Crippen LogP contribution in [-0.4, -0.2) is 54.6 Å². The van der Waals surface area contributed by atoms with Crippen molar-refractivity contribution in [3.05, 3.63) is 47.3 Å². The van der Waals surface area contributed by atoms with E-state index in [0.29, 0.717) is 22.8 Å². The van der Waals surface area contributed by atoms with Gasteiger partial charge in [-0.15, -0.1) is 0 Å². The van der Waals surface area contributed by atoms with Crippen LogP contribution in [0.4, 0.5) is 13.2 Å².